The predicted octanol–water partition coefficient (Wildman–Crippen LogP) is 15.7. The molecule has 9 N–H and O–H groups in total. The fraction of sp³-hybridized carbons (Fsp3) is 0.438. The molecular weight excluding hydrogens is 1620 g/mol. The molecule has 3 aliphatic carbocycles. The minimum Gasteiger partial charge on any atom is -0.433 e. The lowest BCUT2D eigenvalue weighted by atomic mass is 9.81. The molecule has 12 heterocycles. The second-order valence-electron chi connectivity index (χ2n) is 36.7. The first kappa shape index (κ1) is 88.6. The summed E-state index contributed by atoms with van der Waals surface area (Å²) in [4.78, 5) is 45.2. The first-order valence-electron chi connectivity index (χ1n) is 44.2. The molecule has 8 aromatic heterocycles. The Morgan fingerprint density at radius 2 is 0.836 bits per heavy atom. The Bertz CT molecular complexity index is 6120. The number of nitrogen functional groups attached to an aromatic ring is 4. The number of likely N-dealkylation sites (N-methyl/N-ethyl adjacent to an activating group) is 4. The van der Waals surface area contributed by atoms with Crippen LogP contribution in [0.4, 0.5) is 27.7 Å². The number of nitrogens with zero attached hydrogens (tertiary/aromatic N) is 22. The van der Waals surface area contributed by atoms with Gasteiger partial charge in [0.05, 0.1) is 151 Å². The molecule has 3 saturated carbocycles. The van der Waals surface area contributed by atoms with Gasteiger partial charge in [0.1, 0.15) is 5.67 Å². The SMILES string of the molecule is Cc1cc(-c2cnc(N)c(Oc3cnn(C(C)(C)CC#N)c3)n2)cc2c1CCN(C)C2.Cc1cc(-c2cnc(N)c(Oc3cnn(C4CC(C#N)C4)c3)n2)cc2c1CCN(C)C2.Cc1cc(-c2cnc(N)c(Oc3cnn(C4CCC(C)(O)CC4)c3)n2)cc2c1CN(C)CC2.Cc1cc(-c2cnc(N)c(Oc3cnn(CC4(F)CCCCC4)c3)n2)cc2c1CCN(C)C2. The Morgan fingerprint density at radius 3 is 1.27 bits per heavy atom. The van der Waals surface area contributed by atoms with E-state index in [0.717, 1.165) is 169 Å². The maximum absolute atomic E-state index is 15.0. The van der Waals surface area contributed by atoms with Gasteiger partial charge in [-0.3, -0.25) is 18.7 Å². The van der Waals surface area contributed by atoms with Crippen LogP contribution in [0.5, 0.6) is 46.5 Å². The summed E-state index contributed by atoms with van der Waals surface area (Å²) >= 11 is 0. The molecule has 32 heteroatoms. The number of nitrogens with two attached hydrogens (primary N) is 4. The number of rotatable bonds is 18. The van der Waals surface area contributed by atoms with Crippen molar-refractivity contribution in [2.45, 2.75) is 213 Å². The third-order valence-electron chi connectivity index (χ3n) is 25.8. The number of ether oxygens (including phenoxy) is 4. The number of aliphatic hydroxyl groups is 1. The maximum Gasteiger partial charge on any atom is 0.263 e. The van der Waals surface area contributed by atoms with Crippen molar-refractivity contribution in [3.63, 3.8) is 0 Å². The van der Waals surface area contributed by atoms with Gasteiger partial charge in [0.15, 0.2) is 46.3 Å². The van der Waals surface area contributed by atoms with E-state index in [1.54, 1.807) is 71.3 Å². The van der Waals surface area contributed by atoms with Crippen molar-refractivity contribution in [2.75, 3.05) is 77.3 Å². The molecule has 3 fully saturated rings. The van der Waals surface area contributed by atoms with Gasteiger partial charge in [-0.2, -0.15) is 30.9 Å². The van der Waals surface area contributed by atoms with Crippen LogP contribution in [0.1, 0.15) is 177 Å². The van der Waals surface area contributed by atoms with E-state index in [9.17, 15) is 5.11 Å². The number of alkyl halides is 1. The molecule has 0 unspecified atom stereocenters. The average molecular weight is 1730 g/mol. The zero-order valence-electron chi connectivity index (χ0n) is 75.1. The van der Waals surface area contributed by atoms with Crippen LogP contribution in [-0.2, 0) is 63.9 Å². The predicted molar refractivity (Wildman–Crippen MR) is 488 cm³/mol. The van der Waals surface area contributed by atoms with Crippen LogP contribution in [0.25, 0.3) is 45.0 Å². The van der Waals surface area contributed by atoms with Crippen LogP contribution in [0, 0.1) is 56.3 Å². The lowest BCUT2D eigenvalue weighted by molar-refractivity contribution is 0.00849. The highest BCUT2D eigenvalue weighted by Crippen LogP contribution is 2.43. The van der Waals surface area contributed by atoms with Crippen molar-refractivity contribution >= 4 is 23.3 Å². The highest BCUT2D eigenvalue weighted by atomic mass is 19.1. The number of nitriles is 2. The summed E-state index contributed by atoms with van der Waals surface area (Å²) in [7, 11) is 8.58. The molecule has 0 bridgehead atoms. The Balaban J connectivity index is 0.000000125. The van der Waals surface area contributed by atoms with Gasteiger partial charge in [-0.05, 0) is 269 Å². The molecule has 31 nitrogen and oxygen atoms in total. The van der Waals surface area contributed by atoms with E-state index in [2.05, 4.69) is 191 Å². The first-order chi connectivity index (χ1) is 61.4. The smallest absolute Gasteiger partial charge is 0.263 e. The summed E-state index contributed by atoms with van der Waals surface area (Å²) in [6.07, 6.45) is 34.0. The molecule has 7 aliphatic rings. The Labute approximate surface area is 746 Å². The van der Waals surface area contributed by atoms with Crippen molar-refractivity contribution in [3.8, 4) is 104 Å². The molecule has 0 spiro atoms. The molecule has 19 rings (SSSR count). The van der Waals surface area contributed by atoms with Crippen molar-refractivity contribution < 1.29 is 28.4 Å². The molecular formula is C96H115FN26O5. The number of halogens is 1. The third-order valence-corrected chi connectivity index (χ3v) is 25.8. The topological polar surface area (TPSA) is 396 Å². The molecule has 12 aromatic rings. The molecule has 666 valence electrons. The molecule has 128 heavy (non-hydrogen) atoms. The Kier molecular flexibility index (Phi) is 26.0. The van der Waals surface area contributed by atoms with Gasteiger partial charge >= 0.3 is 0 Å². The van der Waals surface area contributed by atoms with E-state index in [4.69, 9.17) is 57.4 Å². The minimum atomic E-state index is -1.20. The van der Waals surface area contributed by atoms with Crippen molar-refractivity contribution in [3.05, 3.63) is 190 Å². The monoisotopic (exact) mass is 1730 g/mol. The molecule has 0 atom stereocenters. The van der Waals surface area contributed by atoms with Crippen LogP contribution in [0.2, 0.25) is 0 Å². The van der Waals surface area contributed by atoms with Gasteiger partial charge in [0.2, 0.25) is 0 Å². The van der Waals surface area contributed by atoms with Gasteiger partial charge < -0.3 is 66.6 Å². The molecule has 4 aliphatic heterocycles. The lowest BCUT2D eigenvalue weighted by Gasteiger charge is -2.32. The van der Waals surface area contributed by atoms with Gasteiger partial charge in [-0.15, -0.1) is 0 Å². The summed E-state index contributed by atoms with van der Waals surface area (Å²) in [5.41, 5.74) is 45.1. The van der Waals surface area contributed by atoms with Gasteiger partial charge in [0.25, 0.3) is 23.5 Å². The summed E-state index contributed by atoms with van der Waals surface area (Å²) in [5.74, 6) is 4.14. The number of aromatic nitrogens is 16. The molecule has 0 saturated heterocycles. The third kappa shape index (κ3) is 20.7. The Morgan fingerprint density at radius 1 is 0.461 bits per heavy atom. The van der Waals surface area contributed by atoms with E-state index in [-0.39, 0.29) is 71.3 Å². The quantitative estimate of drug-likeness (QED) is 0.0532. The largest absolute Gasteiger partial charge is 0.433 e. The number of anilines is 4. The number of aryl methyl sites for hydroxylation is 4. The van der Waals surface area contributed by atoms with Crippen LogP contribution in [0.3, 0.4) is 0 Å². The van der Waals surface area contributed by atoms with Crippen LogP contribution >= 0.6 is 0 Å². The molecule has 4 aromatic carbocycles. The van der Waals surface area contributed by atoms with E-state index in [1.807, 2.05) is 42.5 Å². The number of fused-ring (bicyclic) bond motifs is 4. The van der Waals surface area contributed by atoms with Gasteiger partial charge in [0, 0.05) is 74.6 Å². The second kappa shape index (κ2) is 37.6. The first-order valence-corrected chi connectivity index (χ1v) is 44.2. The van der Waals surface area contributed by atoms with Gasteiger partial charge in [-0.25, -0.2) is 44.3 Å². The zero-order chi connectivity index (χ0) is 89.9. The standard InChI is InChI=1S/C25H31FN6O.C25H32N6O2.C23H25N7O.C23H27N7O/c1-17-10-18(11-19-14-31(2)9-6-21(17)19)22-13-28-23(27)24(30-22)33-20-12-29-32(15-20)16-25(26)7-4-3-5-8-25;1-16-10-18(11-17-6-9-30(3)15-21(16)17)22-13-27-23(26)24(29-22)33-20-12-28-31(14-20)19-4-7-25(2,32)8-5-19;1-14-5-16(8-17-12-29(2)4-3-20(14)17)21-11-26-22(25)23(28-21)31-19-10-27-30(13-19)18-6-15(7-18)9-24;1-15-9-16(10-17-13-29(4)8-5-19(15)17)20-12-26-21(25)22(28-20)31-18-11-27-30(14-18)23(2,3)6-7-24/h10-13,15H,3-9,14,16H2,1-2H3,(H2,27,28);10-14,19,32H,4-9,15H2,1-3H3,(H2,26,27);5,8,10-11,13,15,18H,3-4,6-7,12H2,1-2H3,(H2,25,26);9-12,14H,5-6,8,13H2,1-4H3,(H2,25,26). The van der Waals surface area contributed by atoms with Crippen LogP contribution < -0.4 is 41.9 Å². The maximum atomic E-state index is 15.0. The number of hydrogen-bond acceptors (Lipinski definition) is 27. The molecule has 0 amide bonds. The fourth-order valence-electron chi connectivity index (χ4n) is 18.2. The number of benzene rings is 4. The van der Waals surface area contributed by atoms with Crippen LogP contribution in [0.15, 0.2) is 123 Å². The highest BCUT2D eigenvalue weighted by Gasteiger charge is 2.35. The van der Waals surface area contributed by atoms with E-state index in [1.165, 1.54) is 66.8 Å². The second-order valence-corrected chi connectivity index (χ2v) is 36.7. The lowest BCUT2D eigenvalue weighted by Crippen LogP contribution is -2.31. The van der Waals surface area contributed by atoms with Crippen molar-refractivity contribution in [1.29, 1.82) is 10.5 Å². The fourth-order valence-corrected chi connectivity index (χ4v) is 18.2. The van der Waals surface area contributed by atoms with Crippen molar-refractivity contribution in [2.24, 2.45) is 5.92 Å². The van der Waals surface area contributed by atoms with E-state index < -0.39 is 16.8 Å². The van der Waals surface area contributed by atoms with E-state index in [0.29, 0.717) is 53.6 Å². The van der Waals surface area contributed by atoms with Crippen molar-refractivity contribution in [1.82, 2.24) is 98.6 Å². The van der Waals surface area contributed by atoms with Gasteiger partial charge in [-0.1, -0.05) is 19.3 Å². The summed E-state index contributed by atoms with van der Waals surface area (Å²) in [5, 5.41) is 45.6. The average Bonchev–Trinajstić information content (AvgIpc) is 1.02. The highest BCUT2D eigenvalue weighted by molar-refractivity contribution is 5.69. The van der Waals surface area contributed by atoms with E-state index >= 15 is 4.39 Å². The zero-order valence-corrected chi connectivity index (χ0v) is 75.1. The summed E-state index contributed by atoms with van der Waals surface area (Å²) in [6.45, 7) is 22.7. The summed E-state index contributed by atoms with van der Waals surface area (Å²) in [6, 6.07) is 22.4. The summed E-state index contributed by atoms with van der Waals surface area (Å²) < 4.78 is 45.9. The Hall–Kier alpha value is -12.9. The van der Waals surface area contributed by atoms with Crippen LogP contribution in [-0.4, -0.2) is 169 Å². The minimum absolute atomic E-state index is 0.122. The normalized spacial score (nSPS) is 19.1. The molecule has 0 radical (unpaired) electrons. The number of hydrogen-bond donors (Lipinski definition) is 5.